The Balaban J connectivity index is 1.43. The topological polar surface area (TPSA) is 81.3 Å². The molecule has 1 aromatic heterocycles. The van der Waals surface area contributed by atoms with E-state index in [4.69, 9.17) is 0 Å². The largest absolute Gasteiger partial charge is 0.361 e. The Morgan fingerprint density at radius 1 is 1.10 bits per heavy atom. The van der Waals surface area contributed by atoms with Crippen molar-refractivity contribution in [3.8, 4) is 0 Å². The fourth-order valence-corrected chi connectivity index (χ4v) is 3.41. The van der Waals surface area contributed by atoms with Gasteiger partial charge in [0.15, 0.2) is 5.96 Å². The third-order valence-corrected chi connectivity index (χ3v) is 4.91. The average molecular weight is 424 g/mol. The van der Waals surface area contributed by atoms with E-state index in [0.717, 1.165) is 24.4 Å². The zero-order chi connectivity index (χ0) is 22.1. The summed E-state index contributed by atoms with van der Waals surface area (Å²) in [7, 11) is 0. The van der Waals surface area contributed by atoms with Crippen LogP contribution < -0.4 is 16.0 Å². The Kier molecular flexibility index (Phi) is 8.04. The first-order valence-electron chi connectivity index (χ1n) is 10.6. The highest BCUT2D eigenvalue weighted by Crippen LogP contribution is 2.19. The maximum atomic E-state index is 13.2. The number of guanidine groups is 1. The number of aryl methyl sites for hydroxylation is 1. The molecule has 0 spiro atoms. The number of aliphatic imine (C=N–C) groups is 1. The SMILES string of the molecule is CCNC(=NCCc1c[nH]c2cc(C)ccc12)NCCNC(=O)Cc1cccc(F)c1. The van der Waals surface area contributed by atoms with Gasteiger partial charge in [0.1, 0.15) is 5.82 Å². The molecule has 7 heteroatoms. The van der Waals surface area contributed by atoms with Crippen LogP contribution in [-0.4, -0.2) is 43.0 Å². The first-order chi connectivity index (χ1) is 15.0. The molecule has 3 aromatic rings. The normalized spacial score (nSPS) is 11.5. The summed E-state index contributed by atoms with van der Waals surface area (Å²) < 4.78 is 13.2. The standard InChI is InChI=1S/C24H30FN5O/c1-3-26-24(28-10-9-19-16-30-22-13-17(2)7-8-21(19)22)29-12-11-27-23(31)15-18-5-4-6-20(25)14-18/h4-8,13-14,16,30H,3,9-12,15H2,1-2H3,(H,27,31)(H2,26,28,29). The average Bonchev–Trinajstić information content (AvgIpc) is 3.13. The van der Waals surface area contributed by atoms with Gasteiger partial charge >= 0.3 is 0 Å². The van der Waals surface area contributed by atoms with E-state index in [1.54, 1.807) is 12.1 Å². The van der Waals surface area contributed by atoms with Gasteiger partial charge in [0, 0.05) is 43.3 Å². The fourth-order valence-electron chi connectivity index (χ4n) is 3.41. The van der Waals surface area contributed by atoms with Crippen LogP contribution in [-0.2, 0) is 17.6 Å². The number of amides is 1. The van der Waals surface area contributed by atoms with Crippen molar-refractivity contribution in [2.75, 3.05) is 26.2 Å². The molecule has 0 aliphatic rings. The van der Waals surface area contributed by atoms with Gasteiger partial charge in [-0.05, 0) is 55.2 Å². The van der Waals surface area contributed by atoms with Crippen molar-refractivity contribution in [2.45, 2.75) is 26.7 Å². The van der Waals surface area contributed by atoms with Crippen molar-refractivity contribution in [1.82, 2.24) is 20.9 Å². The minimum absolute atomic E-state index is 0.135. The summed E-state index contributed by atoms with van der Waals surface area (Å²) in [5, 5.41) is 10.5. The van der Waals surface area contributed by atoms with Gasteiger partial charge in [-0.25, -0.2) is 4.39 Å². The second kappa shape index (κ2) is 11.2. The molecule has 6 nitrogen and oxygen atoms in total. The van der Waals surface area contributed by atoms with Gasteiger partial charge < -0.3 is 20.9 Å². The Morgan fingerprint density at radius 3 is 2.74 bits per heavy atom. The molecule has 0 saturated heterocycles. The van der Waals surface area contributed by atoms with Gasteiger partial charge in [0.25, 0.3) is 0 Å². The van der Waals surface area contributed by atoms with Crippen LogP contribution in [0.5, 0.6) is 0 Å². The number of halogens is 1. The first-order valence-corrected chi connectivity index (χ1v) is 10.6. The van der Waals surface area contributed by atoms with Crippen LogP contribution in [0.3, 0.4) is 0 Å². The highest BCUT2D eigenvalue weighted by Gasteiger charge is 2.05. The summed E-state index contributed by atoms with van der Waals surface area (Å²) in [4.78, 5) is 20.0. The van der Waals surface area contributed by atoms with E-state index in [2.05, 4.69) is 51.0 Å². The highest BCUT2D eigenvalue weighted by molar-refractivity contribution is 5.84. The van der Waals surface area contributed by atoms with Gasteiger partial charge in [0.2, 0.25) is 5.91 Å². The molecular weight excluding hydrogens is 393 g/mol. The second-order valence-corrected chi connectivity index (χ2v) is 7.46. The number of aromatic nitrogens is 1. The maximum Gasteiger partial charge on any atom is 0.224 e. The molecule has 0 unspecified atom stereocenters. The zero-order valence-corrected chi connectivity index (χ0v) is 18.1. The van der Waals surface area contributed by atoms with Crippen molar-refractivity contribution in [3.05, 3.63) is 71.2 Å². The van der Waals surface area contributed by atoms with Crippen LogP contribution in [0.2, 0.25) is 0 Å². The van der Waals surface area contributed by atoms with Crippen LogP contribution in [0.4, 0.5) is 4.39 Å². The lowest BCUT2D eigenvalue weighted by atomic mass is 10.1. The Labute approximate surface area is 182 Å². The number of fused-ring (bicyclic) bond motifs is 1. The Bertz CT molecular complexity index is 1040. The molecule has 0 saturated carbocycles. The molecule has 31 heavy (non-hydrogen) atoms. The van der Waals surface area contributed by atoms with E-state index < -0.39 is 0 Å². The number of nitrogens with one attached hydrogen (secondary N) is 4. The number of hydrogen-bond acceptors (Lipinski definition) is 2. The minimum Gasteiger partial charge on any atom is -0.361 e. The lowest BCUT2D eigenvalue weighted by Crippen LogP contribution is -2.41. The Morgan fingerprint density at radius 2 is 1.94 bits per heavy atom. The lowest BCUT2D eigenvalue weighted by Gasteiger charge is -2.12. The van der Waals surface area contributed by atoms with Gasteiger partial charge in [-0.1, -0.05) is 24.3 Å². The van der Waals surface area contributed by atoms with Crippen molar-refractivity contribution in [3.63, 3.8) is 0 Å². The van der Waals surface area contributed by atoms with E-state index in [0.29, 0.717) is 25.2 Å². The number of hydrogen-bond donors (Lipinski definition) is 4. The molecule has 4 N–H and O–H groups in total. The van der Waals surface area contributed by atoms with E-state index in [9.17, 15) is 9.18 Å². The summed E-state index contributed by atoms with van der Waals surface area (Å²) in [5.74, 6) is 0.252. The first kappa shape index (κ1) is 22.3. The summed E-state index contributed by atoms with van der Waals surface area (Å²) >= 11 is 0. The maximum absolute atomic E-state index is 13.2. The van der Waals surface area contributed by atoms with E-state index in [1.165, 1.54) is 28.6 Å². The van der Waals surface area contributed by atoms with Crippen LogP contribution in [0.15, 0.2) is 53.7 Å². The van der Waals surface area contributed by atoms with Gasteiger partial charge in [-0.3, -0.25) is 9.79 Å². The van der Waals surface area contributed by atoms with Gasteiger partial charge in [-0.15, -0.1) is 0 Å². The lowest BCUT2D eigenvalue weighted by molar-refractivity contribution is -0.120. The second-order valence-electron chi connectivity index (χ2n) is 7.46. The molecule has 1 amide bonds. The van der Waals surface area contributed by atoms with Crippen LogP contribution >= 0.6 is 0 Å². The number of H-pyrrole nitrogens is 1. The van der Waals surface area contributed by atoms with Crippen LogP contribution in [0.25, 0.3) is 10.9 Å². The van der Waals surface area contributed by atoms with Crippen molar-refractivity contribution in [1.29, 1.82) is 0 Å². The smallest absolute Gasteiger partial charge is 0.224 e. The number of nitrogens with zero attached hydrogens (tertiary/aromatic N) is 1. The monoisotopic (exact) mass is 423 g/mol. The minimum atomic E-state index is -0.332. The molecule has 164 valence electrons. The van der Waals surface area contributed by atoms with Gasteiger partial charge in [0.05, 0.1) is 6.42 Å². The van der Waals surface area contributed by atoms with Crippen molar-refractivity contribution >= 4 is 22.8 Å². The molecule has 0 radical (unpaired) electrons. The van der Waals surface area contributed by atoms with Crippen molar-refractivity contribution in [2.24, 2.45) is 4.99 Å². The number of carbonyl (C=O) groups excluding carboxylic acids is 1. The van der Waals surface area contributed by atoms with E-state index >= 15 is 0 Å². The predicted octanol–water partition coefficient (Wildman–Crippen LogP) is 3.07. The summed E-state index contributed by atoms with van der Waals surface area (Å²) in [6.07, 6.45) is 3.05. The number of carbonyl (C=O) groups is 1. The fraction of sp³-hybridized carbons (Fsp3) is 0.333. The molecule has 1 heterocycles. The summed E-state index contributed by atoms with van der Waals surface area (Å²) in [6, 6.07) is 12.5. The van der Waals surface area contributed by atoms with Crippen LogP contribution in [0.1, 0.15) is 23.6 Å². The molecule has 3 rings (SSSR count). The Hall–Kier alpha value is -3.35. The van der Waals surface area contributed by atoms with Crippen molar-refractivity contribution < 1.29 is 9.18 Å². The van der Waals surface area contributed by atoms with Crippen LogP contribution in [0, 0.1) is 12.7 Å². The summed E-state index contributed by atoms with van der Waals surface area (Å²) in [6.45, 7) is 6.52. The molecule has 0 aliphatic carbocycles. The molecular formula is C24H30FN5O. The third-order valence-electron chi connectivity index (χ3n) is 4.91. The van der Waals surface area contributed by atoms with Gasteiger partial charge in [-0.2, -0.15) is 0 Å². The summed E-state index contributed by atoms with van der Waals surface area (Å²) in [5.41, 5.74) is 4.30. The highest BCUT2D eigenvalue weighted by atomic mass is 19.1. The molecule has 0 atom stereocenters. The predicted molar refractivity (Wildman–Crippen MR) is 124 cm³/mol. The number of benzene rings is 2. The molecule has 0 bridgehead atoms. The molecule has 2 aromatic carbocycles. The van der Waals surface area contributed by atoms with E-state index in [1.807, 2.05) is 13.1 Å². The number of rotatable bonds is 9. The molecule has 0 fully saturated rings. The third kappa shape index (κ3) is 6.84. The number of aromatic amines is 1. The van der Waals surface area contributed by atoms with E-state index in [-0.39, 0.29) is 18.1 Å². The zero-order valence-electron chi connectivity index (χ0n) is 18.1. The molecule has 0 aliphatic heterocycles. The quantitative estimate of drug-likeness (QED) is 0.243.